The molecule has 2 N–H and O–H groups in total. The van der Waals surface area contributed by atoms with Gasteiger partial charge < -0.3 is 10.6 Å². The number of amides is 2. The molecule has 0 aliphatic rings. The Labute approximate surface area is 180 Å². The maximum atomic E-state index is 13.0. The molecular formula is C22H18F3N3O2S. The maximum absolute atomic E-state index is 13.0. The minimum Gasteiger partial charge on any atom is -0.340 e. The fraction of sp³-hybridized carbons (Fsp3) is 0.227. The Hall–Kier alpha value is -3.38. The first kappa shape index (κ1) is 22.3. The fourth-order valence-corrected chi connectivity index (χ4v) is 4.02. The van der Waals surface area contributed by atoms with Crippen LogP contribution in [0.5, 0.6) is 0 Å². The van der Waals surface area contributed by atoms with Gasteiger partial charge in [0.1, 0.15) is 12.1 Å². The number of thiophene rings is 1. The Morgan fingerprint density at radius 3 is 2.58 bits per heavy atom. The number of rotatable bonds is 6. The van der Waals surface area contributed by atoms with Crippen molar-refractivity contribution < 1.29 is 22.8 Å². The highest BCUT2D eigenvalue weighted by molar-refractivity contribution is 7.17. The highest BCUT2D eigenvalue weighted by atomic mass is 32.1. The second-order valence-corrected chi connectivity index (χ2v) is 7.84. The van der Waals surface area contributed by atoms with Crippen molar-refractivity contribution in [1.82, 2.24) is 10.6 Å². The summed E-state index contributed by atoms with van der Waals surface area (Å²) in [5.41, 5.74) is -0.353. The fourth-order valence-electron chi connectivity index (χ4n) is 3.04. The minimum absolute atomic E-state index is 0.124. The van der Waals surface area contributed by atoms with Crippen LogP contribution in [0.15, 0.2) is 53.9 Å². The van der Waals surface area contributed by atoms with Gasteiger partial charge in [-0.2, -0.15) is 18.4 Å². The van der Waals surface area contributed by atoms with Gasteiger partial charge in [0.2, 0.25) is 5.91 Å². The first-order valence-electron chi connectivity index (χ1n) is 9.32. The number of nitrogens with one attached hydrogen (secondary N) is 2. The molecule has 31 heavy (non-hydrogen) atoms. The van der Waals surface area contributed by atoms with Crippen molar-refractivity contribution in [2.75, 3.05) is 0 Å². The summed E-state index contributed by atoms with van der Waals surface area (Å²) in [5.74, 6) is -1.40. The molecule has 0 aliphatic carbocycles. The molecular weight excluding hydrogens is 427 g/mol. The Balaban J connectivity index is 1.87. The van der Waals surface area contributed by atoms with Crippen molar-refractivity contribution in [1.29, 1.82) is 5.26 Å². The van der Waals surface area contributed by atoms with E-state index in [1.165, 1.54) is 24.3 Å². The number of nitrogens with zero attached hydrogens (tertiary/aromatic N) is 1. The molecule has 9 heteroatoms. The average Bonchev–Trinajstić information content (AvgIpc) is 3.15. The molecule has 2 amide bonds. The van der Waals surface area contributed by atoms with Crippen LogP contribution in [-0.4, -0.2) is 23.9 Å². The summed E-state index contributed by atoms with van der Waals surface area (Å²) in [6.07, 6.45) is -4.47. The van der Waals surface area contributed by atoms with Crippen LogP contribution in [0.3, 0.4) is 0 Å². The number of carbonyl (C=O) groups excluding carboxylic acids is 2. The molecule has 2 atom stereocenters. The molecule has 0 bridgehead atoms. The van der Waals surface area contributed by atoms with Crippen molar-refractivity contribution in [2.45, 2.75) is 31.6 Å². The van der Waals surface area contributed by atoms with E-state index in [1.807, 2.05) is 35.7 Å². The number of alkyl halides is 3. The van der Waals surface area contributed by atoms with Crippen LogP contribution in [0.4, 0.5) is 13.2 Å². The van der Waals surface area contributed by atoms with Crippen molar-refractivity contribution in [3.05, 3.63) is 70.6 Å². The van der Waals surface area contributed by atoms with E-state index in [1.54, 1.807) is 0 Å². The van der Waals surface area contributed by atoms with Gasteiger partial charge in [-0.05, 0) is 47.5 Å². The third-order valence-corrected chi connectivity index (χ3v) is 5.62. The lowest BCUT2D eigenvalue weighted by Gasteiger charge is -2.19. The lowest BCUT2D eigenvalue weighted by atomic mass is 10.0. The molecule has 1 heterocycles. The predicted octanol–water partition coefficient (Wildman–Crippen LogP) is 4.29. The quantitative estimate of drug-likeness (QED) is 0.594. The summed E-state index contributed by atoms with van der Waals surface area (Å²) in [6.45, 7) is 1.49. The van der Waals surface area contributed by atoms with Crippen molar-refractivity contribution in [3.8, 4) is 6.07 Å². The molecule has 1 aromatic heterocycles. The minimum atomic E-state index is -4.59. The second kappa shape index (κ2) is 9.18. The van der Waals surface area contributed by atoms with Crippen molar-refractivity contribution >= 4 is 33.2 Å². The van der Waals surface area contributed by atoms with Gasteiger partial charge in [0.25, 0.3) is 5.91 Å². The molecule has 3 aromatic rings. The van der Waals surface area contributed by atoms with Gasteiger partial charge in [0, 0.05) is 16.7 Å². The van der Waals surface area contributed by atoms with E-state index in [-0.39, 0.29) is 12.0 Å². The molecule has 0 aliphatic heterocycles. The molecule has 0 spiro atoms. The molecule has 3 rings (SSSR count). The zero-order chi connectivity index (χ0) is 22.6. The molecule has 5 nitrogen and oxygen atoms in total. The summed E-state index contributed by atoms with van der Waals surface area (Å²) in [7, 11) is 0. The van der Waals surface area contributed by atoms with Crippen LogP contribution >= 0.6 is 11.3 Å². The van der Waals surface area contributed by atoms with E-state index in [0.717, 1.165) is 33.8 Å². The molecule has 0 radical (unpaired) electrons. The number of halogens is 3. The van der Waals surface area contributed by atoms with E-state index < -0.39 is 35.6 Å². The van der Waals surface area contributed by atoms with Crippen molar-refractivity contribution in [3.63, 3.8) is 0 Å². The van der Waals surface area contributed by atoms with Gasteiger partial charge in [0.05, 0.1) is 11.6 Å². The van der Waals surface area contributed by atoms with Gasteiger partial charge in [-0.15, -0.1) is 11.3 Å². The second-order valence-electron chi connectivity index (χ2n) is 6.93. The highest BCUT2D eigenvalue weighted by Crippen LogP contribution is 2.30. The van der Waals surface area contributed by atoms with Crippen LogP contribution in [0.1, 0.15) is 28.4 Å². The normalized spacial score (nSPS) is 13.3. The van der Waals surface area contributed by atoms with Gasteiger partial charge in [-0.1, -0.05) is 24.3 Å². The number of fused-ring (bicyclic) bond motifs is 1. The van der Waals surface area contributed by atoms with Gasteiger partial charge in [0.15, 0.2) is 0 Å². The van der Waals surface area contributed by atoms with Gasteiger partial charge in [-0.25, -0.2) is 0 Å². The summed E-state index contributed by atoms with van der Waals surface area (Å²) in [6, 6.07) is 11.6. The number of hydrogen-bond acceptors (Lipinski definition) is 4. The zero-order valence-corrected chi connectivity index (χ0v) is 17.2. The van der Waals surface area contributed by atoms with Crippen molar-refractivity contribution in [2.24, 2.45) is 0 Å². The lowest BCUT2D eigenvalue weighted by Crippen LogP contribution is -2.50. The van der Waals surface area contributed by atoms with Crippen LogP contribution in [0, 0.1) is 11.3 Å². The van der Waals surface area contributed by atoms with Crippen LogP contribution in [0.2, 0.25) is 0 Å². The number of hydrogen-bond donors (Lipinski definition) is 2. The highest BCUT2D eigenvalue weighted by Gasteiger charge is 2.31. The predicted molar refractivity (Wildman–Crippen MR) is 111 cm³/mol. The summed E-state index contributed by atoms with van der Waals surface area (Å²) in [4.78, 5) is 25.4. The van der Waals surface area contributed by atoms with Gasteiger partial charge >= 0.3 is 6.18 Å². The van der Waals surface area contributed by atoms with E-state index in [0.29, 0.717) is 0 Å². The first-order chi connectivity index (χ1) is 14.7. The standard InChI is InChI=1S/C22H18F3N3O2S/c1-13(11-26)27-21(30)18(10-15-12-31-19-8-3-2-7-17(15)19)28-20(29)14-5-4-6-16(9-14)22(23,24)25/h2-9,12-13,18H,10H2,1H3,(H,27,30)(H,28,29). The topological polar surface area (TPSA) is 82.0 Å². The Morgan fingerprint density at radius 1 is 1.13 bits per heavy atom. The van der Waals surface area contributed by atoms with E-state index in [4.69, 9.17) is 5.26 Å². The smallest absolute Gasteiger partial charge is 0.340 e. The number of carbonyl (C=O) groups is 2. The molecule has 2 aromatic carbocycles. The Bertz CT molecular complexity index is 1150. The van der Waals surface area contributed by atoms with Gasteiger partial charge in [-0.3, -0.25) is 9.59 Å². The molecule has 160 valence electrons. The Kier molecular flexibility index (Phi) is 6.61. The van der Waals surface area contributed by atoms with Crippen LogP contribution in [0.25, 0.3) is 10.1 Å². The average molecular weight is 445 g/mol. The molecule has 0 saturated carbocycles. The van der Waals surface area contributed by atoms with E-state index >= 15 is 0 Å². The number of benzene rings is 2. The zero-order valence-electron chi connectivity index (χ0n) is 16.4. The van der Waals surface area contributed by atoms with E-state index in [9.17, 15) is 22.8 Å². The largest absolute Gasteiger partial charge is 0.416 e. The van der Waals surface area contributed by atoms with E-state index in [2.05, 4.69) is 10.6 Å². The maximum Gasteiger partial charge on any atom is 0.416 e. The van der Waals surface area contributed by atoms with Crippen LogP contribution in [-0.2, 0) is 17.4 Å². The Morgan fingerprint density at radius 2 is 1.87 bits per heavy atom. The molecule has 0 saturated heterocycles. The summed E-state index contributed by atoms with van der Waals surface area (Å²) < 4.78 is 39.9. The molecule has 0 fully saturated rings. The summed E-state index contributed by atoms with van der Waals surface area (Å²) in [5, 5.41) is 16.8. The third-order valence-electron chi connectivity index (χ3n) is 4.61. The third kappa shape index (κ3) is 5.41. The number of nitriles is 1. The molecule has 2 unspecified atom stereocenters. The van der Waals surface area contributed by atoms with Crippen LogP contribution < -0.4 is 10.6 Å². The summed E-state index contributed by atoms with van der Waals surface area (Å²) >= 11 is 1.48. The lowest BCUT2D eigenvalue weighted by molar-refractivity contribution is -0.137. The SMILES string of the molecule is CC(C#N)NC(=O)C(Cc1csc2ccccc12)NC(=O)c1cccc(C(F)(F)F)c1. The monoisotopic (exact) mass is 445 g/mol. The first-order valence-corrected chi connectivity index (χ1v) is 10.2.